The number of nitrogens with zero attached hydrogens (tertiary/aromatic N) is 3. The van der Waals surface area contributed by atoms with Gasteiger partial charge in [0.2, 0.25) is 11.7 Å². The van der Waals surface area contributed by atoms with Gasteiger partial charge in [-0.3, -0.25) is 4.79 Å². The maximum atomic E-state index is 13.7. The van der Waals surface area contributed by atoms with Crippen LogP contribution in [0.4, 0.5) is 16.4 Å². The van der Waals surface area contributed by atoms with Crippen molar-refractivity contribution in [2.24, 2.45) is 11.8 Å². The lowest BCUT2D eigenvalue weighted by Gasteiger charge is -2.26. The molecule has 1 aromatic heterocycles. The molecule has 44 heavy (non-hydrogen) atoms. The lowest BCUT2D eigenvalue weighted by atomic mass is 10.1. The first-order valence-corrected chi connectivity index (χ1v) is 15.1. The van der Waals surface area contributed by atoms with Crippen molar-refractivity contribution in [1.82, 2.24) is 19.8 Å². The van der Waals surface area contributed by atoms with Crippen LogP contribution >= 0.6 is 0 Å². The number of carbonyl (C=O) groups excluding carboxylic acids is 2. The van der Waals surface area contributed by atoms with E-state index in [9.17, 15) is 9.59 Å². The summed E-state index contributed by atoms with van der Waals surface area (Å²) < 4.78 is 23.9. The molecule has 2 aromatic carbocycles. The fourth-order valence-electron chi connectivity index (χ4n) is 4.91. The van der Waals surface area contributed by atoms with Crippen LogP contribution in [0, 0.1) is 11.8 Å². The van der Waals surface area contributed by atoms with Gasteiger partial charge < -0.3 is 39.0 Å². The molecule has 0 saturated carbocycles. The highest BCUT2D eigenvalue weighted by molar-refractivity contribution is 5.98. The highest BCUT2D eigenvalue weighted by atomic mass is 16.6. The molecule has 0 aliphatic rings. The van der Waals surface area contributed by atoms with E-state index in [1.807, 2.05) is 48.4 Å². The lowest BCUT2D eigenvalue weighted by molar-refractivity contribution is 0.0526. The molecule has 0 aliphatic heterocycles. The Morgan fingerprint density at radius 2 is 1.55 bits per heavy atom. The number of imidazole rings is 1. The second kappa shape index (κ2) is 15.0. The van der Waals surface area contributed by atoms with E-state index >= 15 is 0 Å². The van der Waals surface area contributed by atoms with Crippen LogP contribution in [0.1, 0.15) is 65.2 Å². The zero-order chi connectivity index (χ0) is 32.6. The van der Waals surface area contributed by atoms with Gasteiger partial charge in [-0.2, -0.15) is 0 Å². The van der Waals surface area contributed by atoms with Gasteiger partial charge in [0.25, 0.3) is 5.91 Å². The van der Waals surface area contributed by atoms with E-state index in [-0.39, 0.29) is 5.91 Å². The number of rotatable bonds is 14. The molecule has 3 rings (SSSR count). The van der Waals surface area contributed by atoms with Crippen molar-refractivity contribution in [3.63, 3.8) is 0 Å². The number of methoxy groups -OCH3 is 3. The Balaban J connectivity index is 2.00. The summed E-state index contributed by atoms with van der Waals surface area (Å²) in [5.41, 5.74) is 2.24. The van der Waals surface area contributed by atoms with Gasteiger partial charge >= 0.3 is 6.09 Å². The molecule has 0 unspecified atom stereocenters. The van der Waals surface area contributed by atoms with E-state index in [4.69, 9.17) is 23.9 Å². The SMILES string of the molecule is COc1cc(Nc2nc3ccc(C(=O)N(CC(C)C)CC(C)C)cc3n2CCCNC(=O)OC(C)(C)C)cc(OC)c1OC. The van der Waals surface area contributed by atoms with E-state index in [1.165, 1.54) is 0 Å². The molecule has 0 radical (unpaired) electrons. The summed E-state index contributed by atoms with van der Waals surface area (Å²) in [6.45, 7) is 16.2. The van der Waals surface area contributed by atoms with E-state index in [0.717, 1.165) is 11.0 Å². The first kappa shape index (κ1) is 34.3. The summed E-state index contributed by atoms with van der Waals surface area (Å²) in [6.07, 6.45) is 0.131. The third kappa shape index (κ3) is 9.17. The summed E-state index contributed by atoms with van der Waals surface area (Å²) in [7, 11) is 4.68. The topological polar surface area (TPSA) is 116 Å². The lowest BCUT2D eigenvalue weighted by Crippen LogP contribution is -2.37. The number of aryl methyl sites for hydroxylation is 1. The first-order valence-electron chi connectivity index (χ1n) is 15.1. The second-order valence-corrected chi connectivity index (χ2v) is 12.6. The molecule has 1 heterocycles. The van der Waals surface area contributed by atoms with Gasteiger partial charge in [-0.05, 0) is 57.2 Å². The normalized spacial score (nSPS) is 11.5. The average molecular weight is 612 g/mol. The van der Waals surface area contributed by atoms with Gasteiger partial charge in [0.1, 0.15) is 5.60 Å². The largest absolute Gasteiger partial charge is 0.493 e. The van der Waals surface area contributed by atoms with Crippen molar-refractivity contribution in [2.45, 2.75) is 67.0 Å². The number of fused-ring (bicyclic) bond motifs is 1. The molecule has 0 aliphatic carbocycles. The molecule has 2 amide bonds. The fourth-order valence-corrected chi connectivity index (χ4v) is 4.91. The van der Waals surface area contributed by atoms with E-state index < -0.39 is 11.7 Å². The highest BCUT2D eigenvalue weighted by Gasteiger charge is 2.21. The van der Waals surface area contributed by atoms with Crippen LogP contribution < -0.4 is 24.8 Å². The number of hydrogen-bond donors (Lipinski definition) is 2. The van der Waals surface area contributed by atoms with Gasteiger partial charge in [0.05, 0.1) is 32.4 Å². The first-order chi connectivity index (χ1) is 20.8. The third-order valence-electron chi connectivity index (χ3n) is 6.60. The molecule has 11 heteroatoms. The van der Waals surface area contributed by atoms with Crippen molar-refractivity contribution < 1.29 is 28.5 Å². The Morgan fingerprint density at radius 3 is 2.07 bits per heavy atom. The third-order valence-corrected chi connectivity index (χ3v) is 6.60. The van der Waals surface area contributed by atoms with Crippen LogP contribution in [-0.2, 0) is 11.3 Å². The molecular formula is C33H49N5O6. The molecule has 0 atom stereocenters. The Labute approximate surface area is 261 Å². The van der Waals surface area contributed by atoms with Gasteiger partial charge in [0.15, 0.2) is 11.5 Å². The van der Waals surface area contributed by atoms with Crippen molar-refractivity contribution >= 4 is 34.7 Å². The van der Waals surface area contributed by atoms with Crippen LogP contribution in [0.2, 0.25) is 0 Å². The Morgan fingerprint density at radius 1 is 0.932 bits per heavy atom. The number of anilines is 2. The van der Waals surface area contributed by atoms with Crippen LogP contribution in [0.25, 0.3) is 11.0 Å². The number of benzene rings is 2. The number of nitrogens with one attached hydrogen (secondary N) is 2. The van der Waals surface area contributed by atoms with E-state index in [1.54, 1.807) is 33.5 Å². The van der Waals surface area contributed by atoms with Gasteiger partial charge in [0, 0.05) is 49.6 Å². The molecule has 242 valence electrons. The fraction of sp³-hybridized carbons (Fsp3) is 0.545. The van der Waals surface area contributed by atoms with Gasteiger partial charge in [-0.15, -0.1) is 0 Å². The van der Waals surface area contributed by atoms with Gasteiger partial charge in [-0.1, -0.05) is 27.7 Å². The molecule has 0 fully saturated rings. The Kier molecular flexibility index (Phi) is 11.7. The van der Waals surface area contributed by atoms with Crippen LogP contribution in [0.3, 0.4) is 0 Å². The monoisotopic (exact) mass is 611 g/mol. The Bertz CT molecular complexity index is 1390. The summed E-state index contributed by atoms with van der Waals surface area (Å²) in [5.74, 6) is 2.74. The van der Waals surface area contributed by atoms with Crippen molar-refractivity contribution in [1.29, 1.82) is 0 Å². The van der Waals surface area contributed by atoms with Crippen molar-refractivity contribution in [2.75, 3.05) is 46.3 Å². The molecule has 11 nitrogen and oxygen atoms in total. The van der Waals surface area contributed by atoms with Gasteiger partial charge in [-0.25, -0.2) is 9.78 Å². The van der Waals surface area contributed by atoms with E-state index in [0.29, 0.717) is 78.9 Å². The van der Waals surface area contributed by atoms with Crippen LogP contribution in [0.5, 0.6) is 17.2 Å². The standard InChI is InChI=1S/C33H49N5O6/c1-21(2)19-37(20-22(3)4)30(39)23-12-13-25-26(16-23)38(15-11-14-34-32(40)44-33(5,6)7)31(36-25)35-24-17-27(41-8)29(43-10)28(18-24)42-9/h12-13,16-18,21-22H,11,14-15,19-20H2,1-10H3,(H,34,40)(H,35,36). The second-order valence-electron chi connectivity index (χ2n) is 12.6. The predicted octanol–water partition coefficient (Wildman–Crippen LogP) is 6.47. The van der Waals surface area contributed by atoms with Crippen molar-refractivity contribution in [3.05, 3.63) is 35.9 Å². The van der Waals surface area contributed by atoms with Crippen LogP contribution in [-0.4, -0.2) is 73.0 Å². The number of alkyl carbamates (subject to hydrolysis) is 1. The number of hydrogen-bond acceptors (Lipinski definition) is 8. The molecule has 2 N–H and O–H groups in total. The smallest absolute Gasteiger partial charge is 0.407 e. The average Bonchev–Trinajstić information content (AvgIpc) is 3.28. The number of amides is 2. The predicted molar refractivity (Wildman–Crippen MR) is 174 cm³/mol. The van der Waals surface area contributed by atoms with E-state index in [2.05, 4.69) is 38.3 Å². The summed E-state index contributed by atoms with van der Waals surface area (Å²) in [4.78, 5) is 32.7. The van der Waals surface area contributed by atoms with Crippen molar-refractivity contribution in [3.8, 4) is 17.2 Å². The number of aromatic nitrogens is 2. The summed E-state index contributed by atoms with van der Waals surface area (Å²) in [5, 5.41) is 6.22. The molecule has 0 bridgehead atoms. The molecule has 0 spiro atoms. The highest BCUT2D eigenvalue weighted by Crippen LogP contribution is 2.40. The molecular weight excluding hydrogens is 562 g/mol. The minimum Gasteiger partial charge on any atom is -0.493 e. The summed E-state index contributed by atoms with van der Waals surface area (Å²) in [6, 6.07) is 9.23. The molecule has 3 aromatic rings. The minimum absolute atomic E-state index is 0.00669. The quantitative estimate of drug-likeness (QED) is 0.199. The number of ether oxygens (including phenoxy) is 4. The number of carbonyl (C=O) groups is 2. The summed E-state index contributed by atoms with van der Waals surface area (Å²) >= 11 is 0. The molecule has 0 saturated heterocycles. The maximum absolute atomic E-state index is 13.7. The zero-order valence-electron chi connectivity index (χ0n) is 27.9. The van der Waals surface area contributed by atoms with Crippen LogP contribution in [0.15, 0.2) is 30.3 Å². The zero-order valence-corrected chi connectivity index (χ0v) is 27.9. The minimum atomic E-state index is -0.579. The maximum Gasteiger partial charge on any atom is 0.407 e. The Hall–Kier alpha value is -4.15.